The maximum atomic E-state index is 12.5. The Morgan fingerprint density at radius 1 is 0.967 bits per heavy atom. The fraction of sp³-hybridized carbons (Fsp3) is 0.0952. The van der Waals surface area contributed by atoms with Crippen molar-refractivity contribution in [2.24, 2.45) is 0 Å². The Labute approximate surface area is 188 Å². The summed E-state index contributed by atoms with van der Waals surface area (Å²) in [6.07, 6.45) is 0. The minimum Gasteiger partial charge on any atom is -0.506 e. The average molecular weight is 554 g/mol. The summed E-state index contributed by atoms with van der Waals surface area (Å²) in [7, 11) is -4.54. The van der Waals surface area contributed by atoms with Crippen molar-refractivity contribution < 1.29 is 22.5 Å². The molecule has 2 aliphatic rings. The Kier molecular flexibility index (Phi) is 5.05. The normalized spacial score (nSPS) is 12.0. The van der Waals surface area contributed by atoms with E-state index in [9.17, 15) is 22.9 Å². The highest BCUT2D eigenvalue weighted by Gasteiger charge is 2.27. The molecule has 6 nitrogen and oxygen atoms in total. The van der Waals surface area contributed by atoms with Gasteiger partial charge in [0, 0.05) is 22.1 Å². The van der Waals surface area contributed by atoms with E-state index in [0.29, 0.717) is 27.6 Å². The Morgan fingerprint density at radius 3 is 2.30 bits per heavy atom. The molecule has 0 unspecified atom stereocenters. The summed E-state index contributed by atoms with van der Waals surface area (Å²) in [5.74, 6) is 0.160. The van der Waals surface area contributed by atoms with Crippen LogP contribution in [-0.2, 0) is 10.1 Å². The molecule has 2 aromatic rings. The topological polar surface area (TPSA) is 105 Å². The highest BCUT2D eigenvalue weighted by atomic mass is 79.9. The predicted molar refractivity (Wildman–Crippen MR) is 121 cm³/mol. The average Bonchev–Trinajstić information content (AvgIpc) is 2.69. The van der Waals surface area contributed by atoms with Crippen LogP contribution in [0.1, 0.15) is 11.1 Å². The number of phenols is 1. The van der Waals surface area contributed by atoms with Crippen molar-refractivity contribution in [2.75, 3.05) is 0 Å². The van der Waals surface area contributed by atoms with E-state index in [0.717, 1.165) is 0 Å². The van der Waals surface area contributed by atoms with Gasteiger partial charge in [-0.2, -0.15) is 8.42 Å². The van der Waals surface area contributed by atoms with Gasteiger partial charge in [0.2, 0.25) is 0 Å². The van der Waals surface area contributed by atoms with Gasteiger partial charge >= 0.3 is 0 Å². The minimum absolute atomic E-state index is 0.0369. The summed E-state index contributed by atoms with van der Waals surface area (Å²) in [5, 5.41) is 10.9. The van der Waals surface area contributed by atoms with Crippen molar-refractivity contribution in [3.8, 4) is 28.2 Å². The van der Waals surface area contributed by atoms with Gasteiger partial charge in [0.25, 0.3) is 10.1 Å². The molecule has 9 heteroatoms. The monoisotopic (exact) mass is 552 g/mol. The fourth-order valence-corrected chi connectivity index (χ4v) is 5.41. The zero-order chi connectivity index (χ0) is 22.0. The van der Waals surface area contributed by atoms with Gasteiger partial charge in [-0.3, -0.25) is 9.35 Å². The second kappa shape index (κ2) is 7.19. The van der Waals surface area contributed by atoms with Crippen molar-refractivity contribution in [1.82, 2.24) is 0 Å². The molecule has 30 heavy (non-hydrogen) atoms. The van der Waals surface area contributed by atoms with Crippen molar-refractivity contribution in [3.05, 3.63) is 66.7 Å². The van der Waals surface area contributed by atoms with Crippen LogP contribution in [0.3, 0.4) is 0 Å². The SMILES string of the molecule is Cc1cc2c(-c3ccccc3S(=O)(=O)O)c3cc(C)c(=O)c(Br)c-3oc2c(Br)c1O. The van der Waals surface area contributed by atoms with Gasteiger partial charge in [-0.15, -0.1) is 0 Å². The molecule has 2 aromatic carbocycles. The van der Waals surface area contributed by atoms with Crippen molar-refractivity contribution in [2.45, 2.75) is 18.7 Å². The number of halogens is 2. The van der Waals surface area contributed by atoms with E-state index in [1.54, 1.807) is 38.1 Å². The standard InChI is InChI=1S/C21H14Br2O6S/c1-9-7-12-15(11-5-3-4-6-14(11)30(26,27)28)13-8-10(2)19(25)17(23)21(13)29-20(12)16(22)18(9)24/h3-8,24H,1-2H3,(H,26,27,28). The second-order valence-electron chi connectivity index (χ2n) is 6.89. The van der Waals surface area contributed by atoms with E-state index in [2.05, 4.69) is 31.9 Å². The van der Waals surface area contributed by atoms with Crippen LogP contribution in [0, 0.1) is 13.8 Å². The van der Waals surface area contributed by atoms with Crippen LogP contribution in [0.4, 0.5) is 0 Å². The molecular weight excluding hydrogens is 540 g/mol. The maximum absolute atomic E-state index is 12.5. The lowest BCUT2D eigenvalue weighted by Crippen LogP contribution is -2.09. The first-order valence-electron chi connectivity index (χ1n) is 8.67. The van der Waals surface area contributed by atoms with Gasteiger partial charge in [-0.25, -0.2) is 0 Å². The predicted octanol–water partition coefficient (Wildman–Crippen LogP) is 5.66. The lowest BCUT2D eigenvalue weighted by atomic mass is 9.92. The van der Waals surface area contributed by atoms with Crippen LogP contribution in [0.25, 0.3) is 33.4 Å². The summed E-state index contributed by atoms with van der Waals surface area (Å²) in [4.78, 5) is 12.2. The maximum Gasteiger partial charge on any atom is 0.295 e. The molecule has 0 amide bonds. The van der Waals surface area contributed by atoms with E-state index >= 15 is 0 Å². The number of rotatable bonds is 2. The summed E-state index contributed by atoms with van der Waals surface area (Å²) in [6, 6.07) is 9.33. The molecule has 0 aromatic heterocycles. The van der Waals surface area contributed by atoms with Gasteiger partial charge in [0.15, 0.2) is 16.8 Å². The lowest BCUT2D eigenvalue weighted by molar-refractivity contribution is 0.466. The molecule has 0 radical (unpaired) electrons. The van der Waals surface area contributed by atoms with Crippen LogP contribution in [0.2, 0.25) is 0 Å². The molecule has 0 fully saturated rings. The van der Waals surface area contributed by atoms with Crippen LogP contribution in [0.15, 0.2) is 59.5 Å². The van der Waals surface area contributed by atoms with Crippen molar-refractivity contribution >= 4 is 52.9 Å². The number of hydrogen-bond donors (Lipinski definition) is 2. The third-order valence-electron chi connectivity index (χ3n) is 4.93. The number of fused-ring (bicyclic) bond motifs is 2. The number of aromatic hydroxyl groups is 1. The van der Waals surface area contributed by atoms with E-state index in [1.807, 2.05) is 0 Å². The summed E-state index contributed by atoms with van der Waals surface area (Å²) >= 11 is 6.62. The number of benzene rings is 3. The highest BCUT2D eigenvalue weighted by Crippen LogP contribution is 2.48. The van der Waals surface area contributed by atoms with Crippen molar-refractivity contribution in [3.63, 3.8) is 0 Å². The van der Waals surface area contributed by atoms with Crippen LogP contribution in [0.5, 0.6) is 5.75 Å². The third kappa shape index (κ3) is 3.17. The van der Waals surface area contributed by atoms with Gasteiger partial charge in [0.05, 0.1) is 0 Å². The second-order valence-corrected chi connectivity index (χ2v) is 9.87. The molecule has 0 saturated heterocycles. The first-order chi connectivity index (χ1) is 14.0. The van der Waals surface area contributed by atoms with Gasteiger partial charge in [-0.1, -0.05) is 18.2 Å². The first-order valence-corrected chi connectivity index (χ1v) is 11.7. The zero-order valence-corrected chi connectivity index (χ0v) is 19.6. The Hall–Kier alpha value is -2.20. The Morgan fingerprint density at radius 2 is 1.63 bits per heavy atom. The summed E-state index contributed by atoms with van der Waals surface area (Å²) in [5.41, 5.74) is 2.11. The number of hydrogen-bond acceptors (Lipinski definition) is 5. The smallest absolute Gasteiger partial charge is 0.295 e. The minimum atomic E-state index is -4.54. The molecule has 2 N–H and O–H groups in total. The molecule has 4 rings (SSSR count). The fourth-order valence-electron chi connectivity index (χ4n) is 3.50. The largest absolute Gasteiger partial charge is 0.506 e. The molecular formula is C21H14Br2O6S. The summed E-state index contributed by atoms with van der Waals surface area (Å²) in [6.45, 7) is 3.34. The van der Waals surface area contributed by atoms with E-state index in [-0.39, 0.29) is 41.9 Å². The third-order valence-corrected chi connectivity index (χ3v) is 7.29. The first kappa shape index (κ1) is 21.0. The quantitative estimate of drug-likeness (QED) is 0.245. The van der Waals surface area contributed by atoms with Gasteiger partial charge in [-0.05, 0) is 75.0 Å². The highest BCUT2D eigenvalue weighted by molar-refractivity contribution is 9.11. The Bertz CT molecular complexity index is 1490. The van der Waals surface area contributed by atoms with E-state index < -0.39 is 10.1 Å². The molecule has 1 aliphatic carbocycles. The molecule has 154 valence electrons. The van der Waals surface area contributed by atoms with Crippen LogP contribution < -0.4 is 5.43 Å². The van der Waals surface area contributed by atoms with E-state index in [4.69, 9.17) is 4.42 Å². The summed E-state index contributed by atoms with van der Waals surface area (Å²) < 4.78 is 40.5. The molecule has 0 atom stereocenters. The zero-order valence-electron chi connectivity index (χ0n) is 15.7. The van der Waals surface area contributed by atoms with Gasteiger partial charge < -0.3 is 9.52 Å². The van der Waals surface area contributed by atoms with Crippen LogP contribution in [-0.4, -0.2) is 18.1 Å². The van der Waals surface area contributed by atoms with E-state index in [1.165, 1.54) is 12.1 Å². The van der Waals surface area contributed by atoms with Gasteiger partial charge in [0.1, 0.15) is 19.6 Å². The molecule has 0 spiro atoms. The Balaban J connectivity index is 2.36. The lowest BCUT2D eigenvalue weighted by Gasteiger charge is -2.19. The van der Waals surface area contributed by atoms with Crippen molar-refractivity contribution in [1.29, 1.82) is 0 Å². The number of aryl methyl sites for hydroxylation is 2. The number of phenolic OH excluding ortho intramolecular Hbond substituents is 1. The molecule has 0 bridgehead atoms. The molecule has 0 saturated carbocycles. The van der Waals surface area contributed by atoms with Crippen LogP contribution >= 0.6 is 31.9 Å². The molecule has 1 heterocycles. The molecule has 1 aliphatic heterocycles.